The Morgan fingerprint density at radius 2 is 2.33 bits per heavy atom. The predicted molar refractivity (Wildman–Crippen MR) is 52.6 cm³/mol. The van der Waals surface area contributed by atoms with E-state index in [-0.39, 0.29) is 0 Å². The van der Waals surface area contributed by atoms with Crippen LogP contribution in [0.15, 0.2) is 18.2 Å². The van der Waals surface area contributed by atoms with Gasteiger partial charge in [-0.1, -0.05) is 31.0 Å². The second-order valence-corrected chi connectivity index (χ2v) is 3.01. The van der Waals surface area contributed by atoms with E-state index in [4.69, 9.17) is 11.6 Å². The first-order valence-electron chi connectivity index (χ1n) is 4.19. The fraction of sp³-hybridized carbons (Fsp3) is 0.444. The predicted octanol–water partition coefficient (Wildman–Crippen LogP) is 2.95. The molecule has 66 valence electrons. The number of hydrogen-bond acceptors (Lipinski definition) is 2. The number of unbranched alkanes of at least 4 members (excludes halogenated alkanes) is 1. The third kappa shape index (κ3) is 3.09. The first kappa shape index (κ1) is 9.33. The van der Waals surface area contributed by atoms with Gasteiger partial charge in [-0.25, -0.2) is 4.98 Å². The van der Waals surface area contributed by atoms with Gasteiger partial charge in [-0.05, 0) is 18.6 Å². The van der Waals surface area contributed by atoms with Crippen molar-refractivity contribution in [3.8, 4) is 0 Å². The van der Waals surface area contributed by atoms with Crippen molar-refractivity contribution < 1.29 is 0 Å². The van der Waals surface area contributed by atoms with Gasteiger partial charge >= 0.3 is 0 Å². The van der Waals surface area contributed by atoms with Crippen LogP contribution >= 0.6 is 11.6 Å². The minimum absolute atomic E-state index is 0.538. The Kier molecular flexibility index (Phi) is 3.88. The lowest BCUT2D eigenvalue weighted by Crippen LogP contribution is -2.02. The number of pyridine rings is 1. The van der Waals surface area contributed by atoms with Gasteiger partial charge in [0, 0.05) is 6.54 Å². The van der Waals surface area contributed by atoms with Crippen molar-refractivity contribution in [1.82, 2.24) is 4.98 Å². The van der Waals surface area contributed by atoms with Crippen LogP contribution in [-0.4, -0.2) is 11.5 Å². The maximum absolute atomic E-state index is 5.71. The van der Waals surface area contributed by atoms with Gasteiger partial charge in [0.2, 0.25) is 0 Å². The highest BCUT2D eigenvalue weighted by atomic mass is 35.5. The van der Waals surface area contributed by atoms with Crippen LogP contribution in [0, 0.1) is 0 Å². The van der Waals surface area contributed by atoms with Crippen LogP contribution in [0.5, 0.6) is 0 Å². The van der Waals surface area contributed by atoms with Gasteiger partial charge in [0.15, 0.2) is 0 Å². The summed E-state index contributed by atoms with van der Waals surface area (Å²) >= 11 is 5.71. The molecule has 1 aromatic rings. The van der Waals surface area contributed by atoms with Crippen molar-refractivity contribution in [3.63, 3.8) is 0 Å². The zero-order valence-corrected chi connectivity index (χ0v) is 7.93. The van der Waals surface area contributed by atoms with Gasteiger partial charge in [0.1, 0.15) is 11.0 Å². The van der Waals surface area contributed by atoms with E-state index in [9.17, 15) is 0 Å². The molecule has 0 fully saturated rings. The van der Waals surface area contributed by atoms with E-state index in [1.807, 2.05) is 12.1 Å². The highest BCUT2D eigenvalue weighted by Crippen LogP contribution is 2.08. The molecular formula is C9H13ClN2. The van der Waals surface area contributed by atoms with Crippen molar-refractivity contribution in [2.24, 2.45) is 0 Å². The molecule has 0 atom stereocenters. The van der Waals surface area contributed by atoms with Crippen molar-refractivity contribution >= 4 is 17.4 Å². The largest absolute Gasteiger partial charge is 0.370 e. The molecule has 1 N–H and O–H groups in total. The Bertz CT molecular complexity index is 238. The molecule has 3 heteroatoms. The highest BCUT2D eigenvalue weighted by molar-refractivity contribution is 6.29. The average Bonchev–Trinajstić information content (AvgIpc) is 2.05. The molecule has 1 aromatic heterocycles. The van der Waals surface area contributed by atoms with Crippen molar-refractivity contribution in [3.05, 3.63) is 23.4 Å². The zero-order valence-electron chi connectivity index (χ0n) is 7.18. The lowest BCUT2D eigenvalue weighted by molar-refractivity contribution is 0.831. The van der Waals surface area contributed by atoms with Crippen LogP contribution in [0.25, 0.3) is 0 Å². The van der Waals surface area contributed by atoms with Gasteiger partial charge in [0.05, 0.1) is 0 Å². The molecule has 0 aliphatic carbocycles. The summed E-state index contributed by atoms with van der Waals surface area (Å²) < 4.78 is 0. The molecule has 1 rings (SSSR count). The molecule has 0 aromatic carbocycles. The Hall–Kier alpha value is -0.760. The minimum atomic E-state index is 0.538. The quantitative estimate of drug-likeness (QED) is 0.575. The van der Waals surface area contributed by atoms with Crippen LogP contribution in [0.4, 0.5) is 5.82 Å². The number of nitrogens with one attached hydrogen (secondary N) is 1. The standard InChI is InChI=1S/C9H13ClN2/c1-2-3-7-11-9-6-4-5-8(10)12-9/h4-6H,2-3,7H2,1H3,(H,11,12). The average molecular weight is 185 g/mol. The van der Waals surface area contributed by atoms with E-state index >= 15 is 0 Å². The van der Waals surface area contributed by atoms with Crippen LogP contribution < -0.4 is 5.32 Å². The molecule has 12 heavy (non-hydrogen) atoms. The molecule has 0 aliphatic rings. The first-order valence-corrected chi connectivity index (χ1v) is 4.57. The molecule has 0 radical (unpaired) electrons. The van der Waals surface area contributed by atoms with E-state index < -0.39 is 0 Å². The Morgan fingerprint density at radius 3 is 3.00 bits per heavy atom. The fourth-order valence-electron chi connectivity index (χ4n) is 0.900. The van der Waals surface area contributed by atoms with Gasteiger partial charge in [0.25, 0.3) is 0 Å². The van der Waals surface area contributed by atoms with Crippen LogP contribution in [0.1, 0.15) is 19.8 Å². The molecule has 0 bridgehead atoms. The molecule has 0 spiro atoms. The number of aromatic nitrogens is 1. The molecular weight excluding hydrogens is 172 g/mol. The van der Waals surface area contributed by atoms with Crippen molar-refractivity contribution in [2.75, 3.05) is 11.9 Å². The molecule has 0 amide bonds. The Balaban J connectivity index is 2.41. The second-order valence-electron chi connectivity index (χ2n) is 2.63. The third-order valence-corrected chi connectivity index (χ3v) is 1.76. The summed E-state index contributed by atoms with van der Waals surface area (Å²) in [5, 5.41) is 3.73. The number of anilines is 1. The first-order chi connectivity index (χ1) is 5.83. The van der Waals surface area contributed by atoms with Crippen LogP contribution in [0.3, 0.4) is 0 Å². The zero-order chi connectivity index (χ0) is 8.81. The monoisotopic (exact) mass is 184 g/mol. The van der Waals surface area contributed by atoms with Gasteiger partial charge < -0.3 is 5.32 Å². The summed E-state index contributed by atoms with van der Waals surface area (Å²) in [6.45, 7) is 3.12. The van der Waals surface area contributed by atoms with Gasteiger partial charge in [-0.15, -0.1) is 0 Å². The normalized spacial score (nSPS) is 9.83. The van der Waals surface area contributed by atoms with Crippen molar-refractivity contribution in [1.29, 1.82) is 0 Å². The minimum Gasteiger partial charge on any atom is -0.370 e. The molecule has 0 saturated carbocycles. The number of rotatable bonds is 4. The van der Waals surface area contributed by atoms with E-state index in [1.54, 1.807) is 6.07 Å². The van der Waals surface area contributed by atoms with E-state index in [2.05, 4.69) is 17.2 Å². The maximum atomic E-state index is 5.71. The molecule has 0 saturated heterocycles. The second kappa shape index (κ2) is 4.99. The number of halogens is 1. The van der Waals surface area contributed by atoms with E-state index in [0.29, 0.717) is 5.15 Å². The topological polar surface area (TPSA) is 24.9 Å². The number of hydrogen-bond donors (Lipinski definition) is 1. The Morgan fingerprint density at radius 1 is 1.50 bits per heavy atom. The van der Waals surface area contributed by atoms with Gasteiger partial charge in [-0.2, -0.15) is 0 Å². The Labute approximate surface area is 78.0 Å². The van der Waals surface area contributed by atoms with Crippen LogP contribution in [-0.2, 0) is 0 Å². The summed E-state index contributed by atoms with van der Waals surface area (Å²) in [7, 11) is 0. The summed E-state index contributed by atoms with van der Waals surface area (Å²) in [4.78, 5) is 4.10. The van der Waals surface area contributed by atoms with E-state index in [0.717, 1.165) is 18.8 Å². The highest BCUT2D eigenvalue weighted by Gasteiger charge is 1.92. The molecule has 0 unspecified atom stereocenters. The van der Waals surface area contributed by atoms with Crippen LogP contribution in [0.2, 0.25) is 5.15 Å². The van der Waals surface area contributed by atoms with Gasteiger partial charge in [-0.3, -0.25) is 0 Å². The summed E-state index contributed by atoms with van der Waals surface area (Å²) in [6.07, 6.45) is 2.35. The maximum Gasteiger partial charge on any atom is 0.131 e. The third-order valence-electron chi connectivity index (χ3n) is 1.55. The SMILES string of the molecule is CCCCNc1cccc(Cl)n1. The summed E-state index contributed by atoms with van der Waals surface area (Å²) in [5.74, 6) is 0.857. The lowest BCUT2D eigenvalue weighted by atomic mass is 10.3. The van der Waals surface area contributed by atoms with Crippen molar-refractivity contribution in [2.45, 2.75) is 19.8 Å². The molecule has 1 heterocycles. The fourth-order valence-corrected chi connectivity index (χ4v) is 1.06. The molecule has 2 nitrogen and oxygen atoms in total. The smallest absolute Gasteiger partial charge is 0.131 e. The lowest BCUT2D eigenvalue weighted by Gasteiger charge is -2.03. The summed E-state index contributed by atoms with van der Waals surface area (Å²) in [6, 6.07) is 5.58. The summed E-state index contributed by atoms with van der Waals surface area (Å²) in [5.41, 5.74) is 0. The number of nitrogens with zero attached hydrogens (tertiary/aromatic N) is 1. The molecule has 0 aliphatic heterocycles. The van der Waals surface area contributed by atoms with E-state index in [1.165, 1.54) is 6.42 Å².